The van der Waals surface area contributed by atoms with Crippen LogP contribution in [0.2, 0.25) is 0 Å². The maximum absolute atomic E-state index is 13.1. The van der Waals surface area contributed by atoms with Crippen molar-refractivity contribution in [2.75, 3.05) is 26.7 Å². The standard InChI is InChI=1S/C23H31N3O2/c1-17(2)28-21-12-8-11-20(15-21)18(3)24-23(27)26-14-13-25(4)16-22(26)19-9-6-5-7-10-19/h5-12,15,17-18,22H,13-14,16H2,1-4H3,(H,24,27). The Balaban J connectivity index is 1.72. The molecule has 0 aliphatic carbocycles. The van der Waals surface area contributed by atoms with E-state index in [1.165, 1.54) is 5.56 Å². The van der Waals surface area contributed by atoms with E-state index in [4.69, 9.17) is 4.74 Å². The number of urea groups is 1. The summed E-state index contributed by atoms with van der Waals surface area (Å²) in [5.41, 5.74) is 2.21. The van der Waals surface area contributed by atoms with Gasteiger partial charge in [0.05, 0.1) is 18.2 Å². The van der Waals surface area contributed by atoms with Gasteiger partial charge in [-0.15, -0.1) is 0 Å². The number of nitrogens with zero attached hydrogens (tertiary/aromatic N) is 2. The zero-order valence-electron chi connectivity index (χ0n) is 17.3. The molecular weight excluding hydrogens is 350 g/mol. The van der Waals surface area contributed by atoms with Crippen LogP contribution >= 0.6 is 0 Å². The molecule has 2 aromatic rings. The third-order valence-corrected chi connectivity index (χ3v) is 5.10. The fourth-order valence-corrected chi connectivity index (χ4v) is 3.60. The molecular formula is C23H31N3O2. The maximum atomic E-state index is 13.1. The van der Waals surface area contributed by atoms with Gasteiger partial charge in [0.2, 0.25) is 0 Å². The van der Waals surface area contributed by atoms with Crippen LogP contribution < -0.4 is 10.1 Å². The highest BCUT2D eigenvalue weighted by Gasteiger charge is 2.30. The van der Waals surface area contributed by atoms with Crippen LogP contribution in [0.4, 0.5) is 4.79 Å². The highest BCUT2D eigenvalue weighted by atomic mass is 16.5. The molecule has 1 saturated heterocycles. The predicted octanol–water partition coefficient (Wildman–Crippen LogP) is 4.23. The van der Waals surface area contributed by atoms with Gasteiger partial charge < -0.3 is 19.9 Å². The molecule has 0 radical (unpaired) electrons. The van der Waals surface area contributed by atoms with Crippen molar-refractivity contribution in [3.63, 3.8) is 0 Å². The first kappa shape index (κ1) is 20.2. The van der Waals surface area contributed by atoms with Crippen LogP contribution in [0.5, 0.6) is 5.75 Å². The number of nitrogens with one attached hydrogen (secondary N) is 1. The maximum Gasteiger partial charge on any atom is 0.318 e. The number of amides is 2. The number of hydrogen-bond acceptors (Lipinski definition) is 3. The van der Waals surface area contributed by atoms with Crippen molar-refractivity contribution in [1.29, 1.82) is 0 Å². The van der Waals surface area contributed by atoms with E-state index in [-0.39, 0.29) is 24.2 Å². The Labute approximate surface area is 168 Å². The normalized spacial score (nSPS) is 18.8. The van der Waals surface area contributed by atoms with Gasteiger partial charge in [0, 0.05) is 19.6 Å². The zero-order valence-corrected chi connectivity index (χ0v) is 17.3. The Morgan fingerprint density at radius 1 is 1.07 bits per heavy atom. The van der Waals surface area contributed by atoms with Gasteiger partial charge in [-0.05, 0) is 51.1 Å². The molecule has 5 heteroatoms. The number of ether oxygens (including phenoxy) is 1. The Morgan fingerprint density at radius 2 is 1.82 bits per heavy atom. The number of rotatable bonds is 5. The van der Waals surface area contributed by atoms with Gasteiger partial charge in [-0.25, -0.2) is 4.79 Å². The summed E-state index contributed by atoms with van der Waals surface area (Å²) in [6.45, 7) is 8.46. The summed E-state index contributed by atoms with van der Waals surface area (Å²) >= 11 is 0. The van der Waals surface area contributed by atoms with Crippen LogP contribution in [-0.2, 0) is 0 Å². The van der Waals surface area contributed by atoms with Crippen molar-refractivity contribution >= 4 is 6.03 Å². The molecule has 2 atom stereocenters. The minimum absolute atomic E-state index is 0.0235. The molecule has 28 heavy (non-hydrogen) atoms. The number of piperazine rings is 1. The van der Waals surface area contributed by atoms with Crippen molar-refractivity contribution in [3.8, 4) is 5.75 Å². The van der Waals surface area contributed by atoms with E-state index in [0.29, 0.717) is 6.54 Å². The highest BCUT2D eigenvalue weighted by molar-refractivity contribution is 5.75. The van der Waals surface area contributed by atoms with E-state index in [1.54, 1.807) is 0 Å². The van der Waals surface area contributed by atoms with Gasteiger partial charge in [0.1, 0.15) is 5.75 Å². The summed E-state index contributed by atoms with van der Waals surface area (Å²) in [5.74, 6) is 0.829. The molecule has 150 valence electrons. The summed E-state index contributed by atoms with van der Waals surface area (Å²) in [4.78, 5) is 17.3. The molecule has 0 bridgehead atoms. The molecule has 1 aliphatic rings. The van der Waals surface area contributed by atoms with Crippen molar-refractivity contribution in [1.82, 2.24) is 15.1 Å². The molecule has 1 heterocycles. The molecule has 5 nitrogen and oxygen atoms in total. The fraction of sp³-hybridized carbons (Fsp3) is 0.435. The first-order chi connectivity index (χ1) is 13.4. The largest absolute Gasteiger partial charge is 0.491 e. The lowest BCUT2D eigenvalue weighted by molar-refractivity contribution is 0.107. The molecule has 3 rings (SSSR count). The summed E-state index contributed by atoms with van der Waals surface area (Å²) in [5, 5.41) is 3.17. The van der Waals surface area contributed by atoms with Crippen LogP contribution in [0.25, 0.3) is 0 Å². The fourth-order valence-electron chi connectivity index (χ4n) is 3.60. The zero-order chi connectivity index (χ0) is 20.1. The monoisotopic (exact) mass is 381 g/mol. The molecule has 1 N–H and O–H groups in total. The molecule has 2 unspecified atom stereocenters. The van der Waals surface area contributed by atoms with E-state index in [9.17, 15) is 4.79 Å². The Bertz CT molecular complexity index is 778. The average Bonchev–Trinajstić information content (AvgIpc) is 2.68. The number of benzene rings is 2. The molecule has 0 saturated carbocycles. The molecule has 2 amide bonds. The summed E-state index contributed by atoms with van der Waals surface area (Å²) in [6.07, 6.45) is 0.122. The minimum atomic E-state index is -0.0979. The first-order valence-corrected chi connectivity index (χ1v) is 10.0. The lowest BCUT2D eigenvalue weighted by atomic mass is 10.0. The van der Waals surface area contributed by atoms with Crippen LogP contribution in [0.3, 0.4) is 0 Å². The number of carbonyl (C=O) groups excluding carboxylic acids is 1. The molecule has 1 fully saturated rings. The average molecular weight is 382 g/mol. The molecule has 2 aromatic carbocycles. The summed E-state index contributed by atoms with van der Waals surface area (Å²) in [7, 11) is 2.11. The Kier molecular flexibility index (Phi) is 6.57. The Morgan fingerprint density at radius 3 is 2.54 bits per heavy atom. The van der Waals surface area contributed by atoms with E-state index >= 15 is 0 Å². The van der Waals surface area contributed by atoms with Crippen molar-refractivity contribution in [2.45, 2.75) is 39.0 Å². The third kappa shape index (κ3) is 5.04. The van der Waals surface area contributed by atoms with E-state index in [0.717, 1.165) is 24.4 Å². The van der Waals surface area contributed by atoms with Gasteiger partial charge in [-0.2, -0.15) is 0 Å². The van der Waals surface area contributed by atoms with Gasteiger partial charge in [0.25, 0.3) is 0 Å². The van der Waals surface area contributed by atoms with E-state index < -0.39 is 0 Å². The van der Waals surface area contributed by atoms with Crippen molar-refractivity contribution in [2.24, 2.45) is 0 Å². The quantitative estimate of drug-likeness (QED) is 0.843. The van der Waals surface area contributed by atoms with E-state index in [2.05, 4.69) is 29.4 Å². The highest BCUT2D eigenvalue weighted by Crippen LogP contribution is 2.26. The molecule has 0 aromatic heterocycles. The minimum Gasteiger partial charge on any atom is -0.491 e. The van der Waals surface area contributed by atoms with Crippen LogP contribution in [0, 0.1) is 0 Å². The van der Waals surface area contributed by atoms with Crippen molar-refractivity contribution in [3.05, 3.63) is 65.7 Å². The van der Waals surface area contributed by atoms with Gasteiger partial charge in [0.15, 0.2) is 0 Å². The van der Waals surface area contributed by atoms with Crippen LogP contribution in [0.15, 0.2) is 54.6 Å². The Hall–Kier alpha value is -2.53. The number of carbonyl (C=O) groups is 1. The third-order valence-electron chi connectivity index (χ3n) is 5.10. The smallest absolute Gasteiger partial charge is 0.318 e. The lowest BCUT2D eigenvalue weighted by Crippen LogP contribution is -2.52. The summed E-state index contributed by atoms with van der Waals surface area (Å²) < 4.78 is 5.78. The second-order valence-electron chi connectivity index (χ2n) is 7.79. The lowest BCUT2D eigenvalue weighted by Gasteiger charge is -2.40. The summed E-state index contributed by atoms with van der Waals surface area (Å²) in [6, 6.07) is 18.1. The first-order valence-electron chi connectivity index (χ1n) is 10.0. The van der Waals surface area contributed by atoms with Crippen LogP contribution in [0.1, 0.15) is 44.0 Å². The predicted molar refractivity (Wildman–Crippen MR) is 113 cm³/mol. The second kappa shape index (κ2) is 9.11. The molecule has 1 aliphatic heterocycles. The van der Waals surface area contributed by atoms with Gasteiger partial charge in [-0.3, -0.25) is 0 Å². The van der Waals surface area contributed by atoms with E-state index in [1.807, 2.05) is 68.1 Å². The van der Waals surface area contributed by atoms with Crippen LogP contribution in [-0.4, -0.2) is 48.6 Å². The SMILES string of the molecule is CC(C)Oc1cccc(C(C)NC(=O)N2CCN(C)CC2c2ccccc2)c1. The topological polar surface area (TPSA) is 44.8 Å². The number of likely N-dealkylation sites (N-methyl/N-ethyl adjacent to an activating group) is 1. The van der Waals surface area contributed by atoms with Gasteiger partial charge >= 0.3 is 6.03 Å². The van der Waals surface area contributed by atoms with Gasteiger partial charge in [-0.1, -0.05) is 42.5 Å². The molecule has 0 spiro atoms. The second-order valence-corrected chi connectivity index (χ2v) is 7.79. The van der Waals surface area contributed by atoms with Crippen molar-refractivity contribution < 1.29 is 9.53 Å². The number of hydrogen-bond donors (Lipinski definition) is 1.